The molecule has 4 nitrogen and oxygen atoms in total. The number of hydrogen-bond acceptors (Lipinski definition) is 4. The number of anilines is 2. The normalized spacial score (nSPS) is 16.8. The zero-order chi connectivity index (χ0) is 11.9. The maximum Gasteiger partial charge on any atom is 0.127 e. The lowest BCUT2D eigenvalue weighted by Gasteiger charge is -2.24. The van der Waals surface area contributed by atoms with Gasteiger partial charge in [-0.1, -0.05) is 6.92 Å². The second kappa shape index (κ2) is 6.45. The van der Waals surface area contributed by atoms with Crippen LogP contribution in [-0.2, 0) is 4.74 Å². The van der Waals surface area contributed by atoms with Crippen LogP contribution in [0.15, 0.2) is 18.3 Å². The Hall–Kier alpha value is -1.29. The van der Waals surface area contributed by atoms with Crippen LogP contribution in [0.2, 0.25) is 0 Å². The fourth-order valence-corrected chi connectivity index (χ4v) is 1.95. The van der Waals surface area contributed by atoms with Gasteiger partial charge in [0.25, 0.3) is 0 Å². The van der Waals surface area contributed by atoms with Crippen molar-refractivity contribution in [2.45, 2.75) is 32.2 Å². The van der Waals surface area contributed by atoms with Gasteiger partial charge in [-0.25, -0.2) is 4.98 Å². The van der Waals surface area contributed by atoms with Gasteiger partial charge in [0.15, 0.2) is 0 Å². The summed E-state index contributed by atoms with van der Waals surface area (Å²) in [4.78, 5) is 4.29. The SMILES string of the molecule is CCCNc1cc(NC2CCOCC2)ccn1. The Bertz CT molecular complexity index is 337. The van der Waals surface area contributed by atoms with E-state index in [9.17, 15) is 0 Å². The standard InChI is InChI=1S/C13H21N3O/c1-2-6-14-13-10-12(3-7-15-13)16-11-4-8-17-9-5-11/h3,7,10-11H,2,4-6,8-9H2,1H3,(H2,14,15,16). The maximum absolute atomic E-state index is 5.35. The molecule has 0 spiro atoms. The molecule has 94 valence electrons. The molecule has 17 heavy (non-hydrogen) atoms. The average Bonchev–Trinajstić information content (AvgIpc) is 2.38. The number of nitrogens with zero attached hydrogens (tertiary/aromatic N) is 1. The fraction of sp³-hybridized carbons (Fsp3) is 0.615. The van der Waals surface area contributed by atoms with E-state index in [1.807, 2.05) is 12.3 Å². The summed E-state index contributed by atoms with van der Waals surface area (Å²) in [5, 5.41) is 6.83. The third kappa shape index (κ3) is 3.89. The molecule has 1 saturated heterocycles. The van der Waals surface area contributed by atoms with Crippen molar-refractivity contribution in [2.75, 3.05) is 30.4 Å². The average molecular weight is 235 g/mol. The van der Waals surface area contributed by atoms with Gasteiger partial charge in [-0.3, -0.25) is 0 Å². The first kappa shape index (κ1) is 12.2. The Labute approximate surface area is 103 Å². The zero-order valence-electron chi connectivity index (χ0n) is 10.4. The molecule has 0 unspecified atom stereocenters. The lowest BCUT2D eigenvalue weighted by atomic mass is 10.1. The van der Waals surface area contributed by atoms with Crippen LogP contribution < -0.4 is 10.6 Å². The molecule has 2 heterocycles. The monoisotopic (exact) mass is 235 g/mol. The van der Waals surface area contributed by atoms with E-state index in [1.54, 1.807) is 0 Å². The second-order valence-electron chi connectivity index (χ2n) is 4.39. The Morgan fingerprint density at radius 2 is 2.24 bits per heavy atom. The van der Waals surface area contributed by atoms with E-state index in [4.69, 9.17) is 4.74 Å². The highest BCUT2D eigenvalue weighted by molar-refractivity contribution is 5.52. The van der Waals surface area contributed by atoms with Crippen LogP contribution in [0.5, 0.6) is 0 Å². The van der Waals surface area contributed by atoms with E-state index < -0.39 is 0 Å². The van der Waals surface area contributed by atoms with E-state index >= 15 is 0 Å². The summed E-state index contributed by atoms with van der Waals surface area (Å²) in [6, 6.07) is 4.63. The van der Waals surface area contributed by atoms with Crippen LogP contribution in [0.4, 0.5) is 11.5 Å². The molecular weight excluding hydrogens is 214 g/mol. The highest BCUT2D eigenvalue weighted by Crippen LogP contribution is 2.17. The minimum Gasteiger partial charge on any atom is -0.382 e. The van der Waals surface area contributed by atoms with Crippen molar-refractivity contribution in [3.05, 3.63) is 18.3 Å². The van der Waals surface area contributed by atoms with Crippen LogP contribution in [0.1, 0.15) is 26.2 Å². The molecule has 0 atom stereocenters. The molecule has 0 amide bonds. The van der Waals surface area contributed by atoms with Crippen LogP contribution in [0.25, 0.3) is 0 Å². The predicted molar refractivity (Wildman–Crippen MR) is 70.5 cm³/mol. The lowest BCUT2D eigenvalue weighted by molar-refractivity contribution is 0.0904. The maximum atomic E-state index is 5.35. The predicted octanol–water partition coefficient (Wildman–Crippen LogP) is 2.49. The third-order valence-corrected chi connectivity index (χ3v) is 2.91. The van der Waals surface area contributed by atoms with Crippen molar-refractivity contribution in [2.24, 2.45) is 0 Å². The largest absolute Gasteiger partial charge is 0.382 e. The van der Waals surface area contributed by atoms with Crippen LogP contribution in [0.3, 0.4) is 0 Å². The molecule has 4 heteroatoms. The highest BCUT2D eigenvalue weighted by atomic mass is 16.5. The van der Waals surface area contributed by atoms with Gasteiger partial charge in [-0.15, -0.1) is 0 Å². The second-order valence-corrected chi connectivity index (χ2v) is 4.39. The number of pyridine rings is 1. The first-order valence-corrected chi connectivity index (χ1v) is 6.42. The van der Waals surface area contributed by atoms with E-state index in [1.165, 1.54) is 0 Å². The number of rotatable bonds is 5. The first-order chi connectivity index (χ1) is 8.38. The summed E-state index contributed by atoms with van der Waals surface area (Å²) >= 11 is 0. The molecule has 1 aromatic rings. The topological polar surface area (TPSA) is 46.2 Å². The van der Waals surface area contributed by atoms with Crippen LogP contribution >= 0.6 is 0 Å². The summed E-state index contributed by atoms with van der Waals surface area (Å²) in [7, 11) is 0. The van der Waals surface area contributed by atoms with Gasteiger partial charge >= 0.3 is 0 Å². The van der Waals surface area contributed by atoms with Gasteiger partial charge in [0.2, 0.25) is 0 Å². The first-order valence-electron chi connectivity index (χ1n) is 6.42. The van der Waals surface area contributed by atoms with Gasteiger partial charge in [-0.05, 0) is 25.3 Å². The van der Waals surface area contributed by atoms with Crippen molar-refractivity contribution < 1.29 is 4.74 Å². The Balaban J connectivity index is 1.90. The molecule has 1 fully saturated rings. The summed E-state index contributed by atoms with van der Waals surface area (Å²) in [6.45, 7) is 4.85. The molecule has 2 N–H and O–H groups in total. The molecule has 2 rings (SSSR count). The molecule has 1 aliphatic heterocycles. The van der Waals surface area contributed by atoms with Gasteiger partial charge < -0.3 is 15.4 Å². The Kier molecular flexibility index (Phi) is 4.62. The molecule has 1 aliphatic rings. The van der Waals surface area contributed by atoms with E-state index in [0.29, 0.717) is 6.04 Å². The minimum atomic E-state index is 0.533. The van der Waals surface area contributed by atoms with Crippen molar-refractivity contribution >= 4 is 11.5 Å². The summed E-state index contributed by atoms with van der Waals surface area (Å²) < 4.78 is 5.35. The smallest absolute Gasteiger partial charge is 0.127 e. The summed E-state index contributed by atoms with van der Waals surface area (Å²) in [5.41, 5.74) is 1.14. The van der Waals surface area contributed by atoms with Gasteiger partial charge in [-0.2, -0.15) is 0 Å². The molecule has 0 aromatic carbocycles. The molecule has 1 aromatic heterocycles. The van der Waals surface area contributed by atoms with Crippen LogP contribution in [-0.4, -0.2) is 30.8 Å². The molecule has 0 bridgehead atoms. The van der Waals surface area contributed by atoms with Crippen molar-refractivity contribution in [1.29, 1.82) is 0 Å². The number of nitrogens with one attached hydrogen (secondary N) is 2. The minimum absolute atomic E-state index is 0.533. The summed E-state index contributed by atoms with van der Waals surface area (Å²) in [6.07, 6.45) is 5.12. The van der Waals surface area contributed by atoms with Crippen LogP contribution in [0, 0.1) is 0 Å². The van der Waals surface area contributed by atoms with Gasteiger partial charge in [0.05, 0.1) is 0 Å². The lowest BCUT2D eigenvalue weighted by Crippen LogP contribution is -2.27. The van der Waals surface area contributed by atoms with Crippen molar-refractivity contribution in [1.82, 2.24) is 4.98 Å². The Morgan fingerprint density at radius 3 is 3.00 bits per heavy atom. The Morgan fingerprint density at radius 1 is 1.41 bits per heavy atom. The van der Waals surface area contributed by atoms with E-state index in [0.717, 1.165) is 50.5 Å². The van der Waals surface area contributed by atoms with Gasteiger partial charge in [0.1, 0.15) is 5.82 Å². The van der Waals surface area contributed by atoms with E-state index in [2.05, 4.69) is 28.6 Å². The number of ether oxygens (including phenoxy) is 1. The highest BCUT2D eigenvalue weighted by Gasteiger charge is 2.13. The summed E-state index contributed by atoms with van der Waals surface area (Å²) in [5.74, 6) is 0.948. The number of aromatic nitrogens is 1. The third-order valence-electron chi connectivity index (χ3n) is 2.91. The zero-order valence-corrected chi connectivity index (χ0v) is 10.4. The molecule has 0 aliphatic carbocycles. The van der Waals surface area contributed by atoms with Crippen molar-refractivity contribution in [3.8, 4) is 0 Å². The van der Waals surface area contributed by atoms with E-state index in [-0.39, 0.29) is 0 Å². The fourth-order valence-electron chi connectivity index (χ4n) is 1.95. The quantitative estimate of drug-likeness (QED) is 0.823. The van der Waals surface area contributed by atoms with Gasteiger partial charge in [0, 0.05) is 43.8 Å². The molecular formula is C13H21N3O. The molecule has 0 radical (unpaired) electrons. The molecule has 0 saturated carbocycles. The number of hydrogen-bond donors (Lipinski definition) is 2. The van der Waals surface area contributed by atoms with Crippen molar-refractivity contribution in [3.63, 3.8) is 0 Å².